The lowest BCUT2D eigenvalue weighted by atomic mass is 10.2. The molecule has 0 saturated carbocycles. The van der Waals surface area contributed by atoms with Crippen LogP contribution in [0.3, 0.4) is 0 Å². The first-order valence-electron chi connectivity index (χ1n) is 7.81. The van der Waals surface area contributed by atoms with Gasteiger partial charge in [0, 0.05) is 12.1 Å². The van der Waals surface area contributed by atoms with Crippen molar-refractivity contribution in [1.29, 1.82) is 0 Å². The van der Waals surface area contributed by atoms with Gasteiger partial charge in [-0.25, -0.2) is 0 Å². The summed E-state index contributed by atoms with van der Waals surface area (Å²) in [5, 5.41) is 13.6. The molecular formula is C18H20N2O5. The van der Waals surface area contributed by atoms with Crippen molar-refractivity contribution in [3.63, 3.8) is 0 Å². The molecule has 1 atom stereocenters. The Morgan fingerprint density at radius 3 is 2.56 bits per heavy atom. The Morgan fingerprint density at radius 2 is 1.96 bits per heavy atom. The number of nitrogens with zero attached hydrogens (tertiary/aromatic N) is 1. The van der Waals surface area contributed by atoms with Crippen LogP contribution in [0, 0.1) is 17.0 Å². The standard InChI is InChI=1S/C18H20N2O5/c1-4-15(25-16-8-6-5-7-12(16)2)18(21)19-14-11-13(20(22)23)9-10-17(14)24-3/h5-11,15H,4H2,1-3H3,(H,19,21)/t15-/m0/s1. The quantitative estimate of drug-likeness (QED) is 0.611. The average molecular weight is 344 g/mol. The number of hydrogen-bond acceptors (Lipinski definition) is 5. The number of carbonyl (C=O) groups excluding carboxylic acids is 1. The van der Waals surface area contributed by atoms with Gasteiger partial charge in [0.05, 0.1) is 17.7 Å². The first-order chi connectivity index (χ1) is 12.0. The van der Waals surface area contributed by atoms with Crippen molar-refractivity contribution in [1.82, 2.24) is 0 Å². The van der Waals surface area contributed by atoms with E-state index >= 15 is 0 Å². The SMILES string of the molecule is CC[C@H](Oc1ccccc1C)C(=O)Nc1cc([N+](=O)[O-])ccc1OC. The lowest BCUT2D eigenvalue weighted by Gasteiger charge is -2.19. The van der Waals surface area contributed by atoms with Crippen LogP contribution in [0.2, 0.25) is 0 Å². The highest BCUT2D eigenvalue weighted by atomic mass is 16.6. The second-order valence-electron chi connectivity index (χ2n) is 5.41. The second kappa shape index (κ2) is 8.14. The topological polar surface area (TPSA) is 90.7 Å². The van der Waals surface area contributed by atoms with E-state index in [-0.39, 0.29) is 11.4 Å². The van der Waals surface area contributed by atoms with Crippen LogP contribution in [-0.4, -0.2) is 24.0 Å². The first kappa shape index (κ1) is 18.3. The summed E-state index contributed by atoms with van der Waals surface area (Å²) in [7, 11) is 1.43. The number of nitrogens with one attached hydrogen (secondary N) is 1. The molecule has 0 aliphatic heterocycles. The third-order valence-electron chi connectivity index (χ3n) is 3.68. The molecule has 0 fully saturated rings. The summed E-state index contributed by atoms with van der Waals surface area (Å²) in [4.78, 5) is 23.0. The normalized spacial score (nSPS) is 11.5. The Bertz CT molecular complexity index is 776. The lowest BCUT2D eigenvalue weighted by molar-refractivity contribution is -0.384. The summed E-state index contributed by atoms with van der Waals surface area (Å²) >= 11 is 0. The van der Waals surface area contributed by atoms with E-state index in [4.69, 9.17) is 9.47 Å². The molecule has 132 valence electrons. The molecule has 0 heterocycles. The van der Waals surface area contributed by atoms with Gasteiger partial charge in [0.15, 0.2) is 6.10 Å². The number of ether oxygens (including phenoxy) is 2. The predicted molar refractivity (Wildman–Crippen MR) is 94.2 cm³/mol. The monoisotopic (exact) mass is 344 g/mol. The van der Waals surface area contributed by atoms with E-state index in [1.807, 2.05) is 32.0 Å². The van der Waals surface area contributed by atoms with Crippen LogP contribution < -0.4 is 14.8 Å². The number of para-hydroxylation sites is 1. The zero-order valence-corrected chi connectivity index (χ0v) is 14.3. The van der Waals surface area contributed by atoms with Gasteiger partial charge in [0.1, 0.15) is 11.5 Å². The van der Waals surface area contributed by atoms with Crippen LogP contribution in [0.15, 0.2) is 42.5 Å². The summed E-state index contributed by atoms with van der Waals surface area (Å²) in [5.74, 6) is 0.560. The number of carbonyl (C=O) groups is 1. The Labute approximate surface area is 145 Å². The van der Waals surface area contributed by atoms with E-state index < -0.39 is 16.9 Å². The molecule has 2 aromatic rings. The lowest BCUT2D eigenvalue weighted by Crippen LogP contribution is -2.32. The van der Waals surface area contributed by atoms with Gasteiger partial charge >= 0.3 is 0 Å². The van der Waals surface area contributed by atoms with Crippen molar-refractivity contribution < 1.29 is 19.2 Å². The highest BCUT2D eigenvalue weighted by Crippen LogP contribution is 2.29. The van der Waals surface area contributed by atoms with Crippen LogP contribution in [0.4, 0.5) is 11.4 Å². The number of anilines is 1. The summed E-state index contributed by atoms with van der Waals surface area (Å²) < 4.78 is 10.9. The van der Waals surface area contributed by atoms with Gasteiger partial charge < -0.3 is 14.8 Å². The number of aryl methyl sites for hydroxylation is 1. The molecule has 0 aliphatic carbocycles. The van der Waals surface area contributed by atoms with Crippen molar-refractivity contribution in [3.8, 4) is 11.5 Å². The third kappa shape index (κ3) is 4.47. The van der Waals surface area contributed by atoms with Crippen molar-refractivity contribution in [2.75, 3.05) is 12.4 Å². The maximum absolute atomic E-state index is 12.5. The van der Waals surface area contributed by atoms with Crippen molar-refractivity contribution in [3.05, 3.63) is 58.1 Å². The number of nitro groups is 1. The van der Waals surface area contributed by atoms with Crippen LogP contribution in [0.25, 0.3) is 0 Å². The summed E-state index contributed by atoms with van der Waals surface area (Å²) in [6, 6.07) is 11.4. The Hall–Kier alpha value is -3.09. The van der Waals surface area contributed by atoms with E-state index in [0.29, 0.717) is 17.9 Å². The third-order valence-corrected chi connectivity index (χ3v) is 3.68. The predicted octanol–water partition coefficient (Wildman–Crippen LogP) is 3.71. The van der Waals surface area contributed by atoms with E-state index in [2.05, 4.69) is 5.32 Å². The molecule has 0 bridgehead atoms. The Morgan fingerprint density at radius 1 is 1.24 bits per heavy atom. The van der Waals surface area contributed by atoms with Crippen LogP contribution in [0.5, 0.6) is 11.5 Å². The fraction of sp³-hybridized carbons (Fsp3) is 0.278. The summed E-state index contributed by atoms with van der Waals surface area (Å²) in [6.45, 7) is 3.72. The van der Waals surface area contributed by atoms with Crippen LogP contribution >= 0.6 is 0 Å². The van der Waals surface area contributed by atoms with Gasteiger partial charge in [-0.1, -0.05) is 25.1 Å². The fourth-order valence-corrected chi connectivity index (χ4v) is 2.28. The fourth-order valence-electron chi connectivity index (χ4n) is 2.28. The van der Waals surface area contributed by atoms with Gasteiger partial charge in [-0.05, 0) is 31.0 Å². The van der Waals surface area contributed by atoms with Crippen LogP contribution in [-0.2, 0) is 4.79 Å². The number of benzene rings is 2. The molecule has 1 amide bonds. The highest BCUT2D eigenvalue weighted by molar-refractivity contribution is 5.96. The first-order valence-corrected chi connectivity index (χ1v) is 7.81. The van der Waals surface area contributed by atoms with Gasteiger partial charge in [-0.3, -0.25) is 14.9 Å². The number of amides is 1. The van der Waals surface area contributed by atoms with Gasteiger partial charge in [0.2, 0.25) is 0 Å². The van der Waals surface area contributed by atoms with E-state index in [1.54, 1.807) is 6.07 Å². The highest BCUT2D eigenvalue weighted by Gasteiger charge is 2.21. The van der Waals surface area contributed by atoms with E-state index in [0.717, 1.165) is 5.56 Å². The smallest absolute Gasteiger partial charge is 0.271 e. The molecule has 7 nitrogen and oxygen atoms in total. The van der Waals surface area contributed by atoms with Gasteiger partial charge in [0.25, 0.3) is 11.6 Å². The molecule has 25 heavy (non-hydrogen) atoms. The molecule has 1 N–H and O–H groups in total. The Balaban J connectivity index is 2.20. The van der Waals surface area contributed by atoms with Gasteiger partial charge in [-0.2, -0.15) is 0 Å². The Kier molecular flexibility index (Phi) is 5.94. The number of nitro benzene ring substituents is 1. The number of hydrogen-bond donors (Lipinski definition) is 1. The van der Waals surface area contributed by atoms with Crippen LogP contribution in [0.1, 0.15) is 18.9 Å². The minimum absolute atomic E-state index is 0.135. The minimum Gasteiger partial charge on any atom is -0.495 e. The minimum atomic E-state index is -0.731. The number of non-ortho nitro benzene ring substituents is 1. The van der Waals surface area contributed by atoms with Crippen molar-refractivity contribution in [2.24, 2.45) is 0 Å². The van der Waals surface area contributed by atoms with Crippen molar-refractivity contribution in [2.45, 2.75) is 26.4 Å². The molecule has 0 aliphatic rings. The summed E-state index contributed by atoms with van der Waals surface area (Å²) in [5.41, 5.74) is 1.01. The van der Waals surface area contributed by atoms with E-state index in [1.165, 1.54) is 25.3 Å². The molecule has 0 aromatic heterocycles. The second-order valence-corrected chi connectivity index (χ2v) is 5.41. The molecule has 7 heteroatoms. The van der Waals surface area contributed by atoms with Crippen molar-refractivity contribution >= 4 is 17.3 Å². The molecule has 2 aromatic carbocycles. The average Bonchev–Trinajstić information content (AvgIpc) is 2.60. The van der Waals surface area contributed by atoms with E-state index in [9.17, 15) is 14.9 Å². The zero-order chi connectivity index (χ0) is 18.4. The number of rotatable bonds is 7. The molecule has 2 rings (SSSR count). The molecule has 0 radical (unpaired) electrons. The maximum atomic E-state index is 12.5. The molecular weight excluding hydrogens is 324 g/mol. The van der Waals surface area contributed by atoms with Gasteiger partial charge in [-0.15, -0.1) is 0 Å². The summed E-state index contributed by atoms with van der Waals surface area (Å²) in [6.07, 6.45) is -0.290. The zero-order valence-electron chi connectivity index (χ0n) is 14.3. The molecule has 0 unspecified atom stereocenters. The molecule has 0 saturated heterocycles. The largest absolute Gasteiger partial charge is 0.495 e. The molecule has 0 spiro atoms. The number of methoxy groups -OCH3 is 1. The maximum Gasteiger partial charge on any atom is 0.271 e.